The molecule has 0 unspecified atom stereocenters. The summed E-state index contributed by atoms with van der Waals surface area (Å²) >= 11 is 3.54. The molecule has 96 valence electrons. The van der Waals surface area contributed by atoms with E-state index in [1.54, 1.807) is 0 Å². The Balaban J connectivity index is 1.89. The number of rotatable bonds is 2. The van der Waals surface area contributed by atoms with E-state index in [1.165, 1.54) is 16.6 Å². The highest BCUT2D eigenvalue weighted by Crippen LogP contribution is 2.23. The quantitative estimate of drug-likeness (QED) is 0.919. The van der Waals surface area contributed by atoms with Gasteiger partial charge in [0.05, 0.1) is 0 Å². The zero-order valence-corrected chi connectivity index (χ0v) is 12.2. The van der Waals surface area contributed by atoms with Gasteiger partial charge in [0, 0.05) is 55.5 Å². The molecule has 0 bridgehead atoms. The normalized spacial score (nSPS) is 17.4. The zero-order chi connectivity index (χ0) is 12.5. The molecule has 2 heterocycles. The molecule has 0 amide bonds. The minimum atomic E-state index is 1.05. The second-order valence-electron chi connectivity index (χ2n) is 4.92. The monoisotopic (exact) mass is 307 g/mol. The Labute approximate surface area is 116 Å². The van der Waals surface area contributed by atoms with E-state index in [1.807, 2.05) is 0 Å². The number of hydrogen-bond acceptors (Lipinski definition) is 2. The number of hydrogen-bond donors (Lipinski definition) is 1. The lowest BCUT2D eigenvalue weighted by Gasteiger charge is -2.27. The van der Waals surface area contributed by atoms with Gasteiger partial charge in [-0.05, 0) is 23.6 Å². The van der Waals surface area contributed by atoms with E-state index in [-0.39, 0.29) is 0 Å². The first-order valence-electron chi connectivity index (χ1n) is 6.41. The Bertz CT molecular complexity index is 555. The highest BCUT2D eigenvalue weighted by Gasteiger charge is 2.13. The van der Waals surface area contributed by atoms with Crippen LogP contribution in [0.25, 0.3) is 10.9 Å². The third-order valence-corrected chi connectivity index (χ3v) is 4.20. The van der Waals surface area contributed by atoms with Crippen LogP contribution in [-0.4, -0.2) is 35.6 Å². The third kappa shape index (κ3) is 2.32. The number of benzene rings is 1. The van der Waals surface area contributed by atoms with Crippen LogP contribution in [0.5, 0.6) is 0 Å². The van der Waals surface area contributed by atoms with Gasteiger partial charge in [-0.2, -0.15) is 0 Å². The van der Waals surface area contributed by atoms with Crippen molar-refractivity contribution < 1.29 is 0 Å². The Kier molecular flexibility index (Phi) is 3.41. The van der Waals surface area contributed by atoms with Crippen molar-refractivity contribution in [2.24, 2.45) is 7.05 Å². The van der Waals surface area contributed by atoms with Gasteiger partial charge in [0.2, 0.25) is 0 Å². The van der Waals surface area contributed by atoms with Crippen molar-refractivity contribution in [3.8, 4) is 0 Å². The standard InChI is InChI=1S/C14H18BrN3/c1-17-13(10-18-6-4-16-5-7-18)8-11-2-3-12(15)9-14(11)17/h2-3,8-9,16H,4-7,10H2,1H3. The molecule has 0 atom stereocenters. The highest BCUT2D eigenvalue weighted by molar-refractivity contribution is 9.10. The van der Waals surface area contributed by atoms with E-state index in [0.717, 1.165) is 37.2 Å². The number of aryl methyl sites for hydroxylation is 1. The van der Waals surface area contributed by atoms with Gasteiger partial charge >= 0.3 is 0 Å². The number of nitrogens with zero attached hydrogens (tertiary/aromatic N) is 2. The number of halogens is 1. The molecule has 0 spiro atoms. The molecule has 1 aromatic carbocycles. The minimum Gasteiger partial charge on any atom is -0.346 e. The summed E-state index contributed by atoms with van der Waals surface area (Å²) in [4.78, 5) is 2.51. The fourth-order valence-electron chi connectivity index (χ4n) is 2.61. The van der Waals surface area contributed by atoms with E-state index in [4.69, 9.17) is 0 Å². The lowest BCUT2D eigenvalue weighted by atomic mass is 10.2. The molecule has 1 aliphatic rings. The average molecular weight is 308 g/mol. The topological polar surface area (TPSA) is 20.2 Å². The first kappa shape index (κ1) is 12.2. The molecule has 0 aliphatic carbocycles. The van der Waals surface area contributed by atoms with E-state index in [2.05, 4.69) is 62.0 Å². The summed E-state index contributed by atoms with van der Waals surface area (Å²) < 4.78 is 3.45. The van der Waals surface area contributed by atoms with Crippen LogP contribution in [-0.2, 0) is 13.6 Å². The van der Waals surface area contributed by atoms with E-state index in [0.29, 0.717) is 0 Å². The molecule has 0 radical (unpaired) electrons. The maximum atomic E-state index is 3.54. The molecule has 2 aromatic rings. The summed E-state index contributed by atoms with van der Waals surface area (Å²) in [5, 5.41) is 4.72. The predicted molar refractivity (Wildman–Crippen MR) is 78.8 cm³/mol. The van der Waals surface area contributed by atoms with Gasteiger partial charge in [-0.15, -0.1) is 0 Å². The molecule has 3 nitrogen and oxygen atoms in total. The SMILES string of the molecule is Cn1c(CN2CCNCC2)cc2ccc(Br)cc21. The summed E-state index contributed by atoms with van der Waals surface area (Å²) in [5.41, 5.74) is 2.69. The number of fused-ring (bicyclic) bond motifs is 1. The van der Waals surface area contributed by atoms with Gasteiger partial charge in [-0.3, -0.25) is 4.90 Å². The lowest BCUT2D eigenvalue weighted by molar-refractivity contribution is 0.229. The van der Waals surface area contributed by atoms with Crippen molar-refractivity contribution in [2.45, 2.75) is 6.54 Å². The summed E-state index contributed by atoms with van der Waals surface area (Å²) in [7, 11) is 2.16. The van der Waals surface area contributed by atoms with Gasteiger partial charge in [0.1, 0.15) is 0 Å². The average Bonchev–Trinajstić information content (AvgIpc) is 2.68. The maximum Gasteiger partial charge on any atom is 0.0491 e. The fraction of sp³-hybridized carbons (Fsp3) is 0.429. The third-order valence-electron chi connectivity index (χ3n) is 3.70. The highest BCUT2D eigenvalue weighted by atomic mass is 79.9. The van der Waals surface area contributed by atoms with Crippen LogP contribution in [0.3, 0.4) is 0 Å². The molecule has 18 heavy (non-hydrogen) atoms. The lowest BCUT2D eigenvalue weighted by Crippen LogP contribution is -2.43. The molecular formula is C14H18BrN3. The van der Waals surface area contributed by atoms with Crippen LogP contribution < -0.4 is 5.32 Å². The van der Waals surface area contributed by atoms with E-state index in [9.17, 15) is 0 Å². The summed E-state index contributed by atoms with van der Waals surface area (Å²) in [5.74, 6) is 0. The van der Waals surface area contributed by atoms with Crippen molar-refractivity contribution in [3.05, 3.63) is 34.4 Å². The molecule has 1 fully saturated rings. The number of aromatic nitrogens is 1. The fourth-order valence-corrected chi connectivity index (χ4v) is 2.96. The molecule has 1 aliphatic heterocycles. The number of piperazine rings is 1. The van der Waals surface area contributed by atoms with Crippen molar-refractivity contribution in [1.82, 2.24) is 14.8 Å². The van der Waals surface area contributed by atoms with Crippen LogP contribution in [0.1, 0.15) is 5.69 Å². The van der Waals surface area contributed by atoms with E-state index < -0.39 is 0 Å². The summed E-state index contributed by atoms with van der Waals surface area (Å²) in [6, 6.07) is 8.79. The largest absolute Gasteiger partial charge is 0.346 e. The van der Waals surface area contributed by atoms with Crippen molar-refractivity contribution in [3.63, 3.8) is 0 Å². The Morgan fingerprint density at radius 1 is 1.22 bits per heavy atom. The van der Waals surface area contributed by atoms with Crippen LogP contribution in [0.15, 0.2) is 28.7 Å². The van der Waals surface area contributed by atoms with Gasteiger partial charge in [0.15, 0.2) is 0 Å². The van der Waals surface area contributed by atoms with Crippen LogP contribution in [0, 0.1) is 0 Å². The van der Waals surface area contributed by atoms with Crippen molar-refractivity contribution in [2.75, 3.05) is 26.2 Å². The van der Waals surface area contributed by atoms with Gasteiger partial charge in [-0.1, -0.05) is 22.0 Å². The van der Waals surface area contributed by atoms with Gasteiger partial charge < -0.3 is 9.88 Å². The minimum absolute atomic E-state index is 1.05. The Hall–Kier alpha value is -0.840. The maximum absolute atomic E-state index is 3.54. The smallest absolute Gasteiger partial charge is 0.0491 e. The molecular weight excluding hydrogens is 290 g/mol. The predicted octanol–water partition coefficient (Wildman–Crippen LogP) is 2.35. The molecule has 1 saturated heterocycles. The first-order valence-corrected chi connectivity index (χ1v) is 7.20. The number of nitrogens with one attached hydrogen (secondary N) is 1. The van der Waals surface area contributed by atoms with E-state index >= 15 is 0 Å². The summed E-state index contributed by atoms with van der Waals surface area (Å²) in [6.07, 6.45) is 0. The second-order valence-corrected chi connectivity index (χ2v) is 5.84. The molecule has 3 rings (SSSR count). The Morgan fingerprint density at radius 3 is 2.78 bits per heavy atom. The Morgan fingerprint density at radius 2 is 2.00 bits per heavy atom. The first-order chi connectivity index (χ1) is 8.74. The summed E-state index contributed by atoms with van der Waals surface area (Å²) in [6.45, 7) is 5.55. The molecule has 0 saturated carbocycles. The van der Waals surface area contributed by atoms with Crippen molar-refractivity contribution in [1.29, 1.82) is 0 Å². The van der Waals surface area contributed by atoms with Gasteiger partial charge in [-0.25, -0.2) is 0 Å². The second kappa shape index (κ2) is 5.03. The molecule has 1 N–H and O–H groups in total. The van der Waals surface area contributed by atoms with Crippen LogP contribution >= 0.6 is 15.9 Å². The van der Waals surface area contributed by atoms with Crippen LogP contribution in [0.2, 0.25) is 0 Å². The zero-order valence-electron chi connectivity index (χ0n) is 10.6. The molecule has 4 heteroatoms. The van der Waals surface area contributed by atoms with Gasteiger partial charge in [0.25, 0.3) is 0 Å². The van der Waals surface area contributed by atoms with Crippen molar-refractivity contribution >= 4 is 26.8 Å². The molecule has 1 aromatic heterocycles. The van der Waals surface area contributed by atoms with Crippen LogP contribution in [0.4, 0.5) is 0 Å².